The summed E-state index contributed by atoms with van der Waals surface area (Å²) < 4.78 is 28.1. The van der Waals surface area contributed by atoms with Crippen LogP contribution in [0.3, 0.4) is 0 Å². The minimum Gasteiger partial charge on any atom is -0.308 e. The van der Waals surface area contributed by atoms with E-state index in [2.05, 4.69) is 10.6 Å². The Hall–Kier alpha value is -3.16. The molecule has 0 bridgehead atoms. The summed E-state index contributed by atoms with van der Waals surface area (Å²) in [4.78, 5) is 12.5. The first-order valence-corrected chi connectivity index (χ1v) is 12.8. The topological polar surface area (TPSA) is 78.5 Å². The maximum Gasteiger partial charge on any atom is 0.323 e. The zero-order chi connectivity index (χ0) is 22.8. The summed E-state index contributed by atoms with van der Waals surface area (Å²) in [5.74, 6) is 0.529. The monoisotopic (exact) mass is 461 g/mol. The normalized spacial score (nSPS) is 20.4. The molecule has 2 aliphatic rings. The average Bonchev–Trinajstić information content (AvgIpc) is 3.44. The lowest BCUT2D eigenvalue weighted by molar-refractivity contribution is 0.262. The standard InChI is InChI=1S/C26H27N3O3S/c30-26(27-22-6-2-1-3-7-22)28-23-13-9-19(10-14-23)20-11-15-24(16-12-20)33(31,32)29-18-17-21-5-4-8-25(21)29/h1-3,6-7,9-16,21,25H,4-5,8,17-18H2,(H2,27,28,30)/t21-,25-/m1/s1. The van der Waals surface area contributed by atoms with Crippen LogP contribution in [0.5, 0.6) is 0 Å². The van der Waals surface area contributed by atoms with Crippen molar-refractivity contribution in [2.24, 2.45) is 5.92 Å². The summed E-state index contributed by atoms with van der Waals surface area (Å²) in [7, 11) is -3.46. The van der Waals surface area contributed by atoms with Crippen LogP contribution >= 0.6 is 0 Å². The summed E-state index contributed by atoms with van der Waals surface area (Å²) in [6.07, 6.45) is 4.23. The van der Waals surface area contributed by atoms with Gasteiger partial charge in [0.25, 0.3) is 0 Å². The number of rotatable bonds is 5. The number of para-hydroxylation sites is 1. The van der Waals surface area contributed by atoms with Gasteiger partial charge in [0, 0.05) is 24.0 Å². The van der Waals surface area contributed by atoms with Gasteiger partial charge in [0.2, 0.25) is 10.0 Å². The van der Waals surface area contributed by atoms with Gasteiger partial charge in [-0.1, -0.05) is 48.9 Å². The molecule has 1 aliphatic heterocycles. The number of carbonyl (C=O) groups excluding carboxylic acids is 1. The molecule has 1 saturated carbocycles. The van der Waals surface area contributed by atoms with E-state index < -0.39 is 10.0 Å². The van der Waals surface area contributed by atoms with Gasteiger partial charge in [0.1, 0.15) is 0 Å². The smallest absolute Gasteiger partial charge is 0.308 e. The van der Waals surface area contributed by atoms with Crippen LogP contribution in [-0.4, -0.2) is 31.3 Å². The molecule has 1 saturated heterocycles. The number of fused-ring (bicyclic) bond motifs is 1. The van der Waals surface area contributed by atoms with E-state index in [0.29, 0.717) is 23.0 Å². The molecule has 3 aromatic carbocycles. The number of anilines is 2. The van der Waals surface area contributed by atoms with Crippen LogP contribution in [0, 0.1) is 5.92 Å². The molecule has 0 unspecified atom stereocenters. The van der Waals surface area contributed by atoms with Gasteiger partial charge in [-0.15, -0.1) is 0 Å². The Morgan fingerprint density at radius 2 is 1.36 bits per heavy atom. The fourth-order valence-corrected chi connectivity index (χ4v) is 6.74. The molecule has 170 valence electrons. The van der Waals surface area contributed by atoms with Gasteiger partial charge in [0.05, 0.1) is 4.90 Å². The van der Waals surface area contributed by atoms with Gasteiger partial charge in [-0.05, 0) is 72.7 Å². The molecule has 2 amide bonds. The zero-order valence-electron chi connectivity index (χ0n) is 18.3. The highest BCUT2D eigenvalue weighted by Crippen LogP contribution is 2.40. The first-order chi connectivity index (χ1) is 16.0. The molecular weight excluding hydrogens is 434 g/mol. The Morgan fingerprint density at radius 1 is 0.758 bits per heavy atom. The minimum absolute atomic E-state index is 0.175. The van der Waals surface area contributed by atoms with E-state index >= 15 is 0 Å². The van der Waals surface area contributed by atoms with Crippen molar-refractivity contribution in [2.75, 3.05) is 17.2 Å². The molecule has 7 heteroatoms. The Bertz CT molecular complexity index is 1230. The number of nitrogens with zero attached hydrogens (tertiary/aromatic N) is 1. The van der Waals surface area contributed by atoms with E-state index in [1.165, 1.54) is 0 Å². The number of hydrogen-bond acceptors (Lipinski definition) is 3. The quantitative estimate of drug-likeness (QED) is 0.522. The molecule has 1 aliphatic carbocycles. The molecule has 3 aromatic rings. The molecule has 0 aromatic heterocycles. The molecule has 2 atom stereocenters. The highest BCUT2D eigenvalue weighted by Gasteiger charge is 2.43. The number of carbonyl (C=O) groups is 1. The van der Waals surface area contributed by atoms with Crippen molar-refractivity contribution < 1.29 is 13.2 Å². The van der Waals surface area contributed by atoms with Crippen LogP contribution in [-0.2, 0) is 10.0 Å². The number of hydrogen-bond donors (Lipinski definition) is 2. The van der Waals surface area contributed by atoms with Crippen molar-refractivity contribution in [1.29, 1.82) is 0 Å². The number of amides is 2. The third-order valence-electron chi connectivity index (χ3n) is 6.68. The second kappa shape index (κ2) is 9.00. The third-order valence-corrected chi connectivity index (χ3v) is 8.62. The van der Waals surface area contributed by atoms with Crippen molar-refractivity contribution in [2.45, 2.75) is 36.6 Å². The highest BCUT2D eigenvalue weighted by atomic mass is 32.2. The summed E-state index contributed by atoms with van der Waals surface area (Å²) in [5, 5.41) is 5.60. The van der Waals surface area contributed by atoms with Crippen LogP contribution in [0.4, 0.5) is 16.2 Å². The van der Waals surface area contributed by atoms with Crippen LogP contribution in [0.1, 0.15) is 25.7 Å². The largest absolute Gasteiger partial charge is 0.323 e. The van der Waals surface area contributed by atoms with Crippen molar-refractivity contribution in [3.8, 4) is 11.1 Å². The van der Waals surface area contributed by atoms with Gasteiger partial charge >= 0.3 is 6.03 Å². The molecule has 0 spiro atoms. The molecule has 2 N–H and O–H groups in total. The van der Waals surface area contributed by atoms with Crippen molar-refractivity contribution in [3.63, 3.8) is 0 Å². The molecule has 33 heavy (non-hydrogen) atoms. The molecule has 2 fully saturated rings. The van der Waals surface area contributed by atoms with Crippen molar-refractivity contribution in [3.05, 3.63) is 78.9 Å². The van der Waals surface area contributed by atoms with E-state index in [9.17, 15) is 13.2 Å². The summed E-state index contributed by atoms with van der Waals surface area (Å²) in [6.45, 7) is 0.631. The third kappa shape index (κ3) is 4.51. The minimum atomic E-state index is -3.46. The maximum atomic E-state index is 13.2. The molecule has 0 radical (unpaired) electrons. The fourth-order valence-electron chi connectivity index (χ4n) is 5.01. The lowest BCUT2D eigenvalue weighted by atomic mass is 10.1. The molecular formula is C26H27N3O3S. The maximum absolute atomic E-state index is 13.2. The first kappa shape index (κ1) is 21.7. The second-order valence-corrected chi connectivity index (χ2v) is 10.6. The van der Waals surface area contributed by atoms with Crippen LogP contribution in [0.25, 0.3) is 11.1 Å². The summed E-state index contributed by atoms with van der Waals surface area (Å²) in [6, 6.07) is 23.7. The lowest BCUT2D eigenvalue weighted by Crippen LogP contribution is -2.35. The Kier molecular flexibility index (Phi) is 5.91. The van der Waals surface area contributed by atoms with E-state index in [4.69, 9.17) is 0 Å². The molecule has 6 nitrogen and oxygen atoms in total. The van der Waals surface area contributed by atoms with Crippen LogP contribution in [0.2, 0.25) is 0 Å². The predicted molar refractivity (Wildman–Crippen MR) is 131 cm³/mol. The number of urea groups is 1. The zero-order valence-corrected chi connectivity index (χ0v) is 19.1. The van der Waals surface area contributed by atoms with E-state index in [-0.39, 0.29) is 12.1 Å². The number of sulfonamides is 1. The van der Waals surface area contributed by atoms with Gasteiger partial charge in [0.15, 0.2) is 0 Å². The first-order valence-electron chi connectivity index (χ1n) is 11.4. The Balaban J connectivity index is 1.25. The lowest BCUT2D eigenvalue weighted by Gasteiger charge is -2.23. The van der Waals surface area contributed by atoms with Gasteiger partial charge in [-0.2, -0.15) is 4.31 Å². The predicted octanol–water partition coefficient (Wildman–Crippen LogP) is 5.56. The van der Waals surface area contributed by atoms with Gasteiger partial charge in [-0.25, -0.2) is 13.2 Å². The van der Waals surface area contributed by atoms with E-state index in [1.54, 1.807) is 16.4 Å². The molecule has 1 heterocycles. The van der Waals surface area contributed by atoms with Gasteiger partial charge in [-0.3, -0.25) is 0 Å². The van der Waals surface area contributed by atoms with E-state index in [1.807, 2.05) is 66.7 Å². The second-order valence-electron chi connectivity index (χ2n) is 8.71. The average molecular weight is 462 g/mol. The Morgan fingerprint density at radius 3 is 2.03 bits per heavy atom. The summed E-state index contributed by atoms with van der Waals surface area (Å²) >= 11 is 0. The van der Waals surface area contributed by atoms with Gasteiger partial charge < -0.3 is 10.6 Å². The molecule has 5 rings (SSSR count). The van der Waals surface area contributed by atoms with Crippen molar-refractivity contribution in [1.82, 2.24) is 4.31 Å². The SMILES string of the molecule is O=C(Nc1ccccc1)Nc1ccc(-c2ccc(S(=O)(=O)N3CC[C@H]4CCC[C@H]43)cc2)cc1. The highest BCUT2D eigenvalue weighted by molar-refractivity contribution is 7.89. The van der Waals surface area contributed by atoms with E-state index in [0.717, 1.165) is 42.5 Å². The fraction of sp³-hybridized carbons (Fsp3) is 0.269. The van der Waals surface area contributed by atoms with Crippen LogP contribution < -0.4 is 10.6 Å². The number of nitrogens with one attached hydrogen (secondary N) is 2. The van der Waals surface area contributed by atoms with Crippen molar-refractivity contribution >= 4 is 27.4 Å². The summed E-state index contributed by atoms with van der Waals surface area (Å²) in [5.41, 5.74) is 3.27. The Labute approximate surface area is 194 Å². The van der Waals surface area contributed by atoms with Crippen LogP contribution in [0.15, 0.2) is 83.8 Å². The number of benzene rings is 3.